The number of halogens is 2. The Labute approximate surface area is 204 Å². The summed E-state index contributed by atoms with van der Waals surface area (Å²) in [6.45, 7) is 8.01. The van der Waals surface area contributed by atoms with Crippen LogP contribution >= 0.6 is 23.2 Å². The highest BCUT2D eigenvalue weighted by Gasteiger charge is 2.17. The summed E-state index contributed by atoms with van der Waals surface area (Å²) < 4.78 is 5.63. The molecule has 3 aromatic carbocycles. The Bertz CT molecular complexity index is 1140. The van der Waals surface area contributed by atoms with Gasteiger partial charge in [-0.25, -0.2) is 0 Å². The number of ether oxygens (including phenoxy) is 1. The number of nitrogens with one attached hydrogen (secondary N) is 2. The van der Waals surface area contributed by atoms with Crippen molar-refractivity contribution in [1.82, 2.24) is 0 Å². The van der Waals surface area contributed by atoms with Gasteiger partial charge in [-0.3, -0.25) is 9.59 Å². The van der Waals surface area contributed by atoms with Gasteiger partial charge in [-0.1, -0.05) is 56.1 Å². The third-order valence-corrected chi connectivity index (χ3v) is 5.52. The van der Waals surface area contributed by atoms with E-state index in [2.05, 4.69) is 31.4 Å². The highest BCUT2D eigenvalue weighted by Crippen LogP contribution is 2.28. The fourth-order valence-corrected chi connectivity index (χ4v) is 3.47. The molecule has 3 rings (SSSR count). The van der Waals surface area contributed by atoms with Crippen molar-refractivity contribution < 1.29 is 14.3 Å². The zero-order valence-electron chi connectivity index (χ0n) is 18.9. The molecule has 2 N–H and O–H groups in total. The van der Waals surface area contributed by atoms with E-state index in [1.54, 1.807) is 49.4 Å². The van der Waals surface area contributed by atoms with Crippen molar-refractivity contribution in [2.45, 2.75) is 39.2 Å². The van der Waals surface area contributed by atoms with Gasteiger partial charge in [0.05, 0.1) is 5.02 Å². The maximum atomic E-state index is 12.5. The first-order valence-corrected chi connectivity index (χ1v) is 11.2. The summed E-state index contributed by atoms with van der Waals surface area (Å²) in [4.78, 5) is 25.0. The fourth-order valence-electron chi connectivity index (χ4n) is 3.02. The van der Waals surface area contributed by atoms with Crippen LogP contribution in [0.5, 0.6) is 5.75 Å². The van der Waals surface area contributed by atoms with Crippen LogP contribution in [0.4, 0.5) is 11.4 Å². The molecule has 0 fully saturated rings. The SMILES string of the molecule is C[C@@H](Oc1ccc(Cl)cc1Cl)C(=O)Nc1ccc(NC(=O)c2ccc(C(C)(C)C)cc2)cc1. The van der Waals surface area contributed by atoms with Crippen molar-refractivity contribution in [3.05, 3.63) is 87.9 Å². The predicted molar refractivity (Wildman–Crippen MR) is 135 cm³/mol. The normalized spacial score (nSPS) is 12.1. The van der Waals surface area contributed by atoms with Gasteiger partial charge in [0.15, 0.2) is 6.10 Å². The van der Waals surface area contributed by atoms with Crippen LogP contribution in [0.1, 0.15) is 43.6 Å². The molecule has 7 heteroatoms. The van der Waals surface area contributed by atoms with Gasteiger partial charge in [0.1, 0.15) is 5.75 Å². The monoisotopic (exact) mass is 484 g/mol. The average molecular weight is 485 g/mol. The van der Waals surface area contributed by atoms with E-state index in [0.717, 1.165) is 5.56 Å². The van der Waals surface area contributed by atoms with Crippen molar-refractivity contribution >= 4 is 46.4 Å². The number of rotatable bonds is 6. The maximum Gasteiger partial charge on any atom is 0.265 e. The highest BCUT2D eigenvalue weighted by molar-refractivity contribution is 6.35. The molecule has 0 saturated heterocycles. The van der Waals surface area contributed by atoms with Crippen LogP contribution in [0, 0.1) is 0 Å². The predicted octanol–water partition coefficient (Wildman–Crippen LogP) is 6.95. The Hall–Kier alpha value is -3.02. The van der Waals surface area contributed by atoms with Gasteiger partial charge < -0.3 is 15.4 Å². The summed E-state index contributed by atoms with van der Waals surface area (Å²) in [5.74, 6) is -0.164. The molecule has 2 amide bonds. The third-order valence-electron chi connectivity index (χ3n) is 4.99. The molecule has 0 saturated carbocycles. The Morgan fingerprint density at radius 1 is 0.848 bits per heavy atom. The quantitative estimate of drug-likeness (QED) is 0.397. The molecule has 172 valence electrons. The lowest BCUT2D eigenvalue weighted by Gasteiger charge is -2.19. The number of anilines is 2. The third kappa shape index (κ3) is 6.73. The first-order valence-electron chi connectivity index (χ1n) is 10.5. The molecule has 0 spiro atoms. The van der Waals surface area contributed by atoms with E-state index in [-0.39, 0.29) is 17.2 Å². The molecule has 0 aliphatic heterocycles. The first kappa shape index (κ1) is 24.6. The van der Waals surface area contributed by atoms with Crippen LogP contribution in [0.2, 0.25) is 10.0 Å². The van der Waals surface area contributed by atoms with Crippen molar-refractivity contribution in [3.63, 3.8) is 0 Å². The Morgan fingerprint density at radius 2 is 1.42 bits per heavy atom. The lowest BCUT2D eigenvalue weighted by Crippen LogP contribution is -2.30. The second kappa shape index (κ2) is 10.3. The number of hydrogen-bond donors (Lipinski definition) is 2. The lowest BCUT2D eigenvalue weighted by molar-refractivity contribution is -0.122. The largest absolute Gasteiger partial charge is 0.479 e. The van der Waals surface area contributed by atoms with Crippen molar-refractivity contribution in [3.8, 4) is 5.75 Å². The Kier molecular flexibility index (Phi) is 7.67. The molecule has 0 aliphatic rings. The number of carbonyl (C=O) groups excluding carboxylic acids is 2. The standard InChI is InChI=1S/C26H26Cl2N2O3/c1-16(33-23-14-9-19(27)15-22(23)28)24(31)29-20-10-12-21(13-11-20)30-25(32)17-5-7-18(8-6-17)26(2,3)4/h5-16H,1-4H3,(H,29,31)(H,30,32)/t16-/m1/s1. The van der Waals surface area contributed by atoms with Gasteiger partial charge in [0.2, 0.25) is 0 Å². The molecule has 0 bridgehead atoms. The van der Waals surface area contributed by atoms with E-state index in [1.807, 2.05) is 24.3 Å². The van der Waals surface area contributed by atoms with Crippen molar-refractivity contribution in [2.24, 2.45) is 0 Å². The summed E-state index contributed by atoms with van der Waals surface area (Å²) in [6.07, 6.45) is -0.779. The van der Waals surface area contributed by atoms with E-state index < -0.39 is 6.10 Å². The summed E-state index contributed by atoms with van der Waals surface area (Å²) >= 11 is 12.0. The lowest BCUT2D eigenvalue weighted by atomic mass is 9.87. The molecule has 33 heavy (non-hydrogen) atoms. The summed E-state index contributed by atoms with van der Waals surface area (Å²) in [5.41, 5.74) is 2.96. The van der Waals surface area contributed by atoms with Crippen LogP contribution in [-0.4, -0.2) is 17.9 Å². The van der Waals surface area contributed by atoms with Crippen molar-refractivity contribution in [1.29, 1.82) is 0 Å². The van der Waals surface area contributed by atoms with Crippen LogP contribution in [-0.2, 0) is 10.2 Å². The minimum Gasteiger partial charge on any atom is -0.479 e. The molecule has 3 aromatic rings. The topological polar surface area (TPSA) is 67.4 Å². The van der Waals surface area contributed by atoms with Gasteiger partial charge in [-0.05, 0) is 72.5 Å². The zero-order valence-corrected chi connectivity index (χ0v) is 20.4. The van der Waals surface area contributed by atoms with Crippen LogP contribution in [0.25, 0.3) is 0 Å². The number of benzene rings is 3. The molecular formula is C26H26Cl2N2O3. The van der Waals surface area contributed by atoms with Gasteiger partial charge in [0.25, 0.3) is 11.8 Å². The van der Waals surface area contributed by atoms with E-state index in [0.29, 0.717) is 32.7 Å². The second-order valence-electron chi connectivity index (χ2n) is 8.68. The van der Waals surface area contributed by atoms with Gasteiger partial charge in [-0.2, -0.15) is 0 Å². The number of carbonyl (C=O) groups is 2. The molecule has 0 heterocycles. The highest BCUT2D eigenvalue weighted by atomic mass is 35.5. The number of amides is 2. The zero-order chi connectivity index (χ0) is 24.2. The summed E-state index contributed by atoms with van der Waals surface area (Å²) in [6, 6.07) is 19.2. The second-order valence-corrected chi connectivity index (χ2v) is 9.53. The van der Waals surface area contributed by atoms with E-state index in [9.17, 15) is 9.59 Å². The Morgan fingerprint density at radius 3 is 1.97 bits per heavy atom. The van der Waals surface area contributed by atoms with E-state index in [1.165, 1.54) is 0 Å². The smallest absolute Gasteiger partial charge is 0.265 e. The van der Waals surface area contributed by atoms with Crippen LogP contribution in [0.3, 0.4) is 0 Å². The molecule has 0 aliphatic carbocycles. The van der Waals surface area contributed by atoms with E-state index >= 15 is 0 Å². The van der Waals surface area contributed by atoms with Gasteiger partial charge in [0, 0.05) is 22.0 Å². The number of hydrogen-bond acceptors (Lipinski definition) is 3. The fraction of sp³-hybridized carbons (Fsp3) is 0.231. The first-order chi connectivity index (χ1) is 15.5. The molecule has 1 atom stereocenters. The molecular weight excluding hydrogens is 459 g/mol. The molecule has 5 nitrogen and oxygen atoms in total. The molecule has 0 unspecified atom stereocenters. The molecule has 0 radical (unpaired) electrons. The average Bonchev–Trinajstić information content (AvgIpc) is 2.76. The van der Waals surface area contributed by atoms with Gasteiger partial charge >= 0.3 is 0 Å². The minimum absolute atomic E-state index is 0.0267. The summed E-state index contributed by atoms with van der Waals surface area (Å²) in [5, 5.41) is 6.45. The van der Waals surface area contributed by atoms with Crippen LogP contribution in [0.15, 0.2) is 66.7 Å². The Balaban J connectivity index is 1.57. The van der Waals surface area contributed by atoms with E-state index in [4.69, 9.17) is 27.9 Å². The maximum absolute atomic E-state index is 12.5. The summed E-state index contributed by atoms with van der Waals surface area (Å²) in [7, 11) is 0. The van der Waals surface area contributed by atoms with Crippen molar-refractivity contribution in [2.75, 3.05) is 10.6 Å². The van der Waals surface area contributed by atoms with Crippen LogP contribution < -0.4 is 15.4 Å². The van der Waals surface area contributed by atoms with Gasteiger partial charge in [-0.15, -0.1) is 0 Å². The minimum atomic E-state index is -0.779. The molecule has 0 aromatic heterocycles.